The van der Waals surface area contributed by atoms with Gasteiger partial charge in [-0.05, 0) is 36.5 Å². The molecule has 0 aromatic heterocycles. The van der Waals surface area contributed by atoms with Crippen LogP contribution >= 0.6 is 12.2 Å². The van der Waals surface area contributed by atoms with Gasteiger partial charge in [-0.1, -0.05) is 24.3 Å². The average Bonchev–Trinajstić information content (AvgIpc) is 2.61. The Kier molecular flexibility index (Phi) is 6.73. The van der Waals surface area contributed by atoms with Gasteiger partial charge in [-0.2, -0.15) is 5.10 Å². The van der Waals surface area contributed by atoms with E-state index < -0.39 is 12.6 Å². The molecule has 8 heteroatoms. The molecule has 2 rings (SSSR count). The number of nitrogens with one attached hydrogen (secondary N) is 2. The third-order valence-electron chi connectivity index (χ3n) is 2.99. The molecule has 0 amide bonds. The predicted molar refractivity (Wildman–Crippen MR) is 96.9 cm³/mol. The molecule has 25 heavy (non-hydrogen) atoms. The van der Waals surface area contributed by atoms with Crippen molar-refractivity contribution in [2.75, 3.05) is 19.0 Å². The minimum atomic E-state index is -1.30. The minimum absolute atomic E-state index is 0.272. The number of methoxy groups -OCH3 is 1. The number of rotatable bonds is 7. The van der Waals surface area contributed by atoms with Gasteiger partial charge in [0.05, 0.1) is 25.0 Å². The zero-order valence-electron chi connectivity index (χ0n) is 13.4. The highest BCUT2D eigenvalue weighted by Crippen LogP contribution is 2.22. The summed E-state index contributed by atoms with van der Waals surface area (Å²) in [4.78, 5) is 10.5. The first-order chi connectivity index (χ1) is 12.1. The quantitative estimate of drug-likeness (QED) is 0.435. The van der Waals surface area contributed by atoms with Crippen molar-refractivity contribution in [2.45, 2.75) is 0 Å². The van der Waals surface area contributed by atoms with Gasteiger partial charge in [-0.25, -0.2) is 0 Å². The van der Waals surface area contributed by atoms with Gasteiger partial charge in [0.1, 0.15) is 18.1 Å². The Morgan fingerprint density at radius 2 is 1.88 bits per heavy atom. The molecule has 0 heterocycles. The van der Waals surface area contributed by atoms with Crippen LogP contribution in [0.5, 0.6) is 11.5 Å². The summed E-state index contributed by atoms with van der Waals surface area (Å²) in [5, 5.41) is 17.8. The van der Waals surface area contributed by atoms with E-state index in [9.17, 15) is 9.90 Å². The summed E-state index contributed by atoms with van der Waals surface area (Å²) in [5.74, 6) is -0.274. The van der Waals surface area contributed by atoms with Gasteiger partial charge in [0.15, 0.2) is 5.11 Å². The van der Waals surface area contributed by atoms with Gasteiger partial charge in [-0.15, -0.1) is 0 Å². The van der Waals surface area contributed by atoms with Crippen LogP contribution in [0, 0.1) is 0 Å². The van der Waals surface area contributed by atoms with Gasteiger partial charge >= 0.3 is 0 Å². The molecule has 0 saturated heterocycles. The van der Waals surface area contributed by atoms with Crippen LogP contribution in [0.3, 0.4) is 0 Å². The number of carboxylic acid groups (broad SMARTS) is 1. The number of para-hydroxylation sites is 3. The lowest BCUT2D eigenvalue weighted by atomic mass is 10.2. The molecule has 0 aliphatic carbocycles. The lowest BCUT2D eigenvalue weighted by molar-refractivity contribution is -0.307. The number of carbonyl (C=O) groups excluding carboxylic acids is 1. The topological polar surface area (TPSA) is 95.0 Å². The molecule has 0 saturated carbocycles. The summed E-state index contributed by atoms with van der Waals surface area (Å²) in [5.41, 5.74) is 3.97. The molecule has 0 spiro atoms. The molecule has 2 aromatic carbocycles. The number of nitrogens with zero attached hydrogens (tertiary/aromatic N) is 1. The largest absolute Gasteiger partial charge is 0.546 e. The summed E-state index contributed by atoms with van der Waals surface area (Å²) in [6.07, 6.45) is 1.47. The SMILES string of the molecule is COc1ccccc1NC(=S)N/N=C\c1ccccc1OCC(=O)[O-]. The molecule has 0 bridgehead atoms. The Morgan fingerprint density at radius 1 is 1.20 bits per heavy atom. The van der Waals surface area contributed by atoms with E-state index in [0.29, 0.717) is 22.7 Å². The van der Waals surface area contributed by atoms with Gasteiger partial charge in [0.25, 0.3) is 0 Å². The first-order valence-electron chi connectivity index (χ1n) is 7.25. The molecule has 0 fully saturated rings. The second-order valence-electron chi connectivity index (χ2n) is 4.72. The van der Waals surface area contributed by atoms with Crippen LogP contribution in [0.25, 0.3) is 0 Å². The van der Waals surface area contributed by atoms with E-state index in [1.165, 1.54) is 6.21 Å². The fraction of sp³-hybridized carbons (Fsp3) is 0.118. The number of carbonyl (C=O) groups is 1. The highest BCUT2D eigenvalue weighted by molar-refractivity contribution is 7.80. The first kappa shape index (κ1) is 18.2. The van der Waals surface area contributed by atoms with Gasteiger partial charge in [0.2, 0.25) is 0 Å². The smallest absolute Gasteiger partial charge is 0.191 e. The maximum absolute atomic E-state index is 10.5. The summed E-state index contributed by atoms with van der Waals surface area (Å²) < 4.78 is 10.4. The van der Waals surface area contributed by atoms with E-state index in [0.717, 1.165) is 0 Å². The van der Waals surface area contributed by atoms with Crippen molar-refractivity contribution >= 4 is 35.2 Å². The van der Waals surface area contributed by atoms with E-state index in [1.807, 2.05) is 18.2 Å². The number of thiocarbonyl (C=S) groups is 1. The van der Waals surface area contributed by atoms with Gasteiger partial charge in [-0.3, -0.25) is 5.43 Å². The number of benzene rings is 2. The second kappa shape index (κ2) is 9.24. The van der Waals surface area contributed by atoms with Gasteiger partial charge in [0, 0.05) is 5.56 Å². The van der Waals surface area contributed by atoms with Crippen molar-refractivity contribution in [1.82, 2.24) is 5.43 Å². The van der Waals surface area contributed by atoms with Crippen molar-refractivity contribution < 1.29 is 19.4 Å². The summed E-state index contributed by atoms with van der Waals surface area (Å²) in [6, 6.07) is 14.2. The van der Waals surface area contributed by atoms with Crippen molar-refractivity contribution in [2.24, 2.45) is 5.10 Å². The molecule has 7 nitrogen and oxygen atoms in total. The normalized spacial score (nSPS) is 10.3. The second-order valence-corrected chi connectivity index (χ2v) is 5.13. The fourth-order valence-corrected chi connectivity index (χ4v) is 2.08. The number of anilines is 1. The predicted octanol–water partition coefficient (Wildman–Crippen LogP) is 1.14. The monoisotopic (exact) mass is 358 g/mol. The molecule has 0 aliphatic heterocycles. The van der Waals surface area contributed by atoms with E-state index in [-0.39, 0.29) is 5.11 Å². The average molecular weight is 358 g/mol. The third kappa shape index (κ3) is 5.78. The van der Waals surface area contributed by atoms with Crippen molar-refractivity contribution in [1.29, 1.82) is 0 Å². The number of hydrogen-bond donors (Lipinski definition) is 2. The van der Waals surface area contributed by atoms with E-state index in [4.69, 9.17) is 21.7 Å². The van der Waals surface area contributed by atoms with Crippen LogP contribution < -0.4 is 25.3 Å². The van der Waals surface area contributed by atoms with Crippen molar-refractivity contribution in [3.63, 3.8) is 0 Å². The standard InChI is InChI=1S/C17H17N3O4S/c1-23-15-9-5-3-7-13(15)19-17(25)20-18-10-12-6-2-4-8-14(12)24-11-16(21)22/h2-10H,11H2,1H3,(H,21,22)(H2,19,20,25)/p-1/b18-10-. The van der Waals surface area contributed by atoms with Crippen molar-refractivity contribution in [3.8, 4) is 11.5 Å². The number of carboxylic acids is 1. The van der Waals surface area contributed by atoms with Crippen LogP contribution in [-0.4, -0.2) is 31.0 Å². The number of ether oxygens (including phenoxy) is 2. The molecule has 2 aromatic rings. The Balaban J connectivity index is 1.96. The zero-order valence-corrected chi connectivity index (χ0v) is 14.2. The lowest BCUT2D eigenvalue weighted by Gasteiger charge is -2.11. The first-order valence-corrected chi connectivity index (χ1v) is 7.65. The molecule has 0 radical (unpaired) electrons. The highest BCUT2D eigenvalue weighted by Gasteiger charge is 2.03. The lowest BCUT2D eigenvalue weighted by Crippen LogP contribution is -2.29. The molecule has 2 N–H and O–H groups in total. The Labute approximate surface area is 150 Å². The third-order valence-corrected chi connectivity index (χ3v) is 3.18. The molecule has 0 aliphatic rings. The van der Waals surface area contributed by atoms with Crippen LogP contribution in [0.1, 0.15) is 5.56 Å². The van der Waals surface area contributed by atoms with E-state index in [2.05, 4.69) is 15.8 Å². The fourth-order valence-electron chi connectivity index (χ4n) is 1.91. The maximum Gasteiger partial charge on any atom is 0.191 e. The van der Waals surface area contributed by atoms with E-state index in [1.54, 1.807) is 37.4 Å². The van der Waals surface area contributed by atoms with Crippen LogP contribution in [-0.2, 0) is 4.79 Å². The summed E-state index contributed by atoms with van der Waals surface area (Å²) >= 11 is 5.17. The summed E-state index contributed by atoms with van der Waals surface area (Å²) in [7, 11) is 1.57. The van der Waals surface area contributed by atoms with Gasteiger partial charge < -0.3 is 24.7 Å². The molecule has 0 atom stereocenters. The molecular formula is C17H16N3O4S-. The summed E-state index contributed by atoms with van der Waals surface area (Å²) in [6.45, 7) is -0.536. The Hall–Kier alpha value is -3.13. The molecule has 0 unspecified atom stereocenters. The molecule has 130 valence electrons. The highest BCUT2D eigenvalue weighted by atomic mass is 32.1. The van der Waals surface area contributed by atoms with Crippen LogP contribution in [0.4, 0.5) is 5.69 Å². The van der Waals surface area contributed by atoms with E-state index >= 15 is 0 Å². The number of hydrogen-bond acceptors (Lipinski definition) is 6. The minimum Gasteiger partial charge on any atom is -0.546 e. The number of hydrazone groups is 1. The Morgan fingerprint density at radius 3 is 2.60 bits per heavy atom. The van der Waals surface area contributed by atoms with Crippen LogP contribution in [0.2, 0.25) is 0 Å². The zero-order chi connectivity index (χ0) is 18.1. The van der Waals surface area contributed by atoms with Crippen LogP contribution in [0.15, 0.2) is 53.6 Å². The molecular weight excluding hydrogens is 342 g/mol. The van der Waals surface area contributed by atoms with Crippen molar-refractivity contribution in [3.05, 3.63) is 54.1 Å². The number of aliphatic carboxylic acids is 1. The maximum atomic E-state index is 10.5. The Bertz CT molecular complexity index is 780.